The summed E-state index contributed by atoms with van der Waals surface area (Å²) < 4.78 is 1.76. The number of hydrogen-bond acceptors (Lipinski definition) is 5. The molecule has 108 valence electrons. The number of hydrogen-bond donors (Lipinski definition) is 3. The summed E-state index contributed by atoms with van der Waals surface area (Å²) in [6.45, 7) is 5.91. The van der Waals surface area contributed by atoms with Gasteiger partial charge >= 0.3 is 0 Å². The zero-order valence-corrected chi connectivity index (χ0v) is 11.7. The van der Waals surface area contributed by atoms with E-state index < -0.39 is 6.10 Å². The summed E-state index contributed by atoms with van der Waals surface area (Å²) >= 11 is 0. The summed E-state index contributed by atoms with van der Waals surface area (Å²) in [5, 5.41) is 23.8. The van der Waals surface area contributed by atoms with Crippen molar-refractivity contribution in [1.29, 1.82) is 0 Å². The number of nitrogens with zero attached hydrogens (tertiary/aromatic N) is 3. The van der Waals surface area contributed by atoms with Crippen LogP contribution in [-0.2, 0) is 6.54 Å². The van der Waals surface area contributed by atoms with Crippen molar-refractivity contribution in [2.45, 2.75) is 45.4 Å². The first-order valence-electron chi connectivity index (χ1n) is 6.85. The Morgan fingerprint density at radius 3 is 2.74 bits per heavy atom. The number of anilines is 1. The molecule has 1 aliphatic rings. The molecule has 6 heteroatoms. The quantitative estimate of drug-likeness (QED) is 0.694. The van der Waals surface area contributed by atoms with E-state index in [4.69, 9.17) is 5.73 Å². The van der Waals surface area contributed by atoms with Crippen LogP contribution in [0.2, 0.25) is 0 Å². The van der Waals surface area contributed by atoms with E-state index in [1.54, 1.807) is 4.68 Å². The second kappa shape index (κ2) is 5.90. The van der Waals surface area contributed by atoms with Crippen LogP contribution in [0.4, 0.5) is 5.69 Å². The average Bonchev–Trinajstić information content (AvgIpc) is 2.91. The predicted molar refractivity (Wildman–Crippen MR) is 73.8 cm³/mol. The molecule has 1 aromatic heterocycles. The lowest BCUT2D eigenvalue weighted by Crippen LogP contribution is -2.39. The molecule has 2 rings (SSSR count). The molecule has 2 heterocycles. The topological polar surface area (TPSA) is 87.5 Å². The van der Waals surface area contributed by atoms with E-state index in [9.17, 15) is 10.2 Å². The van der Waals surface area contributed by atoms with Crippen molar-refractivity contribution in [3.63, 3.8) is 0 Å². The number of β-amino-alcohol motifs (C(OH)–C–C–N with tert-alkyl or cyclic N) is 1. The highest BCUT2D eigenvalue weighted by atomic mass is 16.3. The van der Waals surface area contributed by atoms with Gasteiger partial charge in [0, 0.05) is 12.6 Å². The van der Waals surface area contributed by atoms with Crippen LogP contribution in [0.5, 0.6) is 0 Å². The Labute approximate surface area is 113 Å². The molecule has 2 atom stereocenters. The van der Waals surface area contributed by atoms with Gasteiger partial charge in [0.15, 0.2) is 0 Å². The van der Waals surface area contributed by atoms with Gasteiger partial charge in [-0.2, -0.15) is 5.10 Å². The van der Waals surface area contributed by atoms with Crippen LogP contribution in [-0.4, -0.2) is 56.7 Å². The molecule has 0 bridgehead atoms. The SMILES string of the molecule is Cc1nn(CC(O)CN2CCCC2CO)c(C)c1N. The Bertz CT molecular complexity index is 433. The second-order valence-electron chi connectivity index (χ2n) is 5.39. The zero-order valence-electron chi connectivity index (χ0n) is 11.7. The van der Waals surface area contributed by atoms with Gasteiger partial charge in [-0.3, -0.25) is 9.58 Å². The first-order valence-corrected chi connectivity index (χ1v) is 6.85. The minimum Gasteiger partial charge on any atom is -0.396 e. The van der Waals surface area contributed by atoms with Crippen molar-refractivity contribution in [3.05, 3.63) is 11.4 Å². The molecule has 0 amide bonds. The fourth-order valence-corrected chi connectivity index (χ4v) is 2.76. The predicted octanol–water partition coefficient (Wildman–Crippen LogP) is -0.100. The summed E-state index contributed by atoms with van der Waals surface area (Å²) in [6.07, 6.45) is 1.60. The molecule has 0 spiro atoms. The van der Waals surface area contributed by atoms with E-state index >= 15 is 0 Å². The summed E-state index contributed by atoms with van der Waals surface area (Å²) in [7, 11) is 0. The van der Waals surface area contributed by atoms with Crippen LogP contribution in [0, 0.1) is 13.8 Å². The van der Waals surface area contributed by atoms with Gasteiger partial charge in [0.1, 0.15) is 0 Å². The minimum absolute atomic E-state index is 0.166. The van der Waals surface area contributed by atoms with E-state index in [0.717, 1.165) is 30.8 Å². The normalized spacial score (nSPS) is 22.0. The Morgan fingerprint density at radius 1 is 1.42 bits per heavy atom. The molecular formula is C13H24N4O2. The molecular weight excluding hydrogens is 244 g/mol. The minimum atomic E-state index is -0.496. The van der Waals surface area contributed by atoms with Gasteiger partial charge in [0.25, 0.3) is 0 Å². The van der Waals surface area contributed by atoms with Crippen molar-refractivity contribution in [1.82, 2.24) is 14.7 Å². The largest absolute Gasteiger partial charge is 0.396 e. The van der Waals surface area contributed by atoms with Crippen molar-refractivity contribution >= 4 is 5.69 Å². The number of rotatable bonds is 5. The fraction of sp³-hybridized carbons (Fsp3) is 0.769. The number of aliphatic hydroxyl groups excluding tert-OH is 2. The van der Waals surface area contributed by atoms with Gasteiger partial charge in [0.05, 0.1) is 36.3 Å². The Kier molecular flexibility index (Phi) is 4.44. The van der Waals surface area contributed by atoms with Crippen LogP contribution >= 0.6 is 0 Å². The summed E-state index contributed by atoms with van der Waals surface area (Å²) in [6, 6.07) is 0.195. The molecule has 1 fully saturated rings. The van der Waals surface area contributed by atoms with Gasteiger partial charge in [-0.15, -0.1) is 0 Å². The third-order valence-electron chi connectivity index (χ3n) is 3.98. The summed E-state index contributed by atoms with van der Waals surface area (Å²) in [4.78, 5) is 2.15. The number of aromatic nitrogens is 2. The number of aryl methyl sites for hydroxylation is 1. The Morgan fingerprint density at radius 2 is 2.16 bits per heavy atom. The molecule has 4 N–H and O–H groups in total. The molecule has 0 radical (unpaired) electrons. The summed E-state index contributed by atoms with van der Waals surface area (Å²) in [5.74, 6) is 0. The van der Waals surface area contributed by atoms with Gasteiger partial charge in [-0.05, 0) is 33.2 Å². The van der Waals surface area contributed by atoms with Crippen LogP contribution in [0.3, 0.4) is 0 Å². The lowest BCUT2D eigenvalue weighted by Gasteiger charge is -2.25. The standard InChI is InChI=1S/C13H24N4O2/c1-9-13(14)10(2)17(15-9)7-12(19)6-16-5-3-4-11(16)8-18/h11-12,18-19H,3-8,14H2,1-2H3. The number of nitrogen functional groups attached to an aromatic ring is 1. The number of nitrogens with two attached hydrogens (primary N) is 1. The number of likely N-dealkylation sites (tertiary alicyclic amines) is 1. The fourth-order valence-electron chi connectivity index (χ4n) is 2.76. The molecule has 1 saturated heterocycles. The highest BCUT2D eigenvalue weighted by molar-refractivity contribution is 5.46. The molecule has 6 nitrogen and oxygen atoms in total. The van der Waals surface area contributed by atoms with E-state index in [2.05, 4.69) is 10.00 Å². The molecule has 0 aromatic carbocycles. The highest BCUT2D eigenvalue weighted by Crippen LogP contribution is 2.18. The van der Waals surface area contributed by atoms with E-state index in [1.807, 2.05) is 13.8 Å². The number of aliphatic hydroxyl groups is 2. The zero-order chi connectivity index (χ0) is 14.0. The maximum Gasteiger partial charge on any atom is 0.0862 e. The van der Waals surface area contributed by atoms with Gasteiger partial charge in [0.2, 0.25) is 0 Å². The molecule has 1 aliphatic heterocycles. The highest BCUT2D eigenvalue weighted by Gasteiger charge is 2.25. The van der Waals surface area contributed by atoms with Gasteiger partial charge < -0.3 is 15.9 Å². The van der Waals surface area contributed by atoms with E-state index in [0.29, 0.717) is 18.8 Å². The Hall–Kier alpha value is -1.11. The molecule has 1 aromatic rings. The smallest absolute Gasteiger partial charge is 0.0862 e. The van der Waals surface area contributed by atoms with Gasteiger partial charge in [-0.1, -0.05) is 0 Å². The van der Waals surface area contributed by atoms with Crippen LogP contribution < -0.4 is 5.73 Å². The maximum absolute atomic E-state index is 10.2. The van der Waals surface area contributed by atoms with E-state index in [1.165, 1.54) is 0 Å². The molecule has 0 aliphatic carbocycles. The van der Waals surface area contributed by atoms with Crippen LogP contribution in [0.15, 0.2) is 0 Å². The van der Waals surface area contributed by atoms with Crippen molar-refractivity contribution in [2.75, 3.05) is 25.4 Å². The monoisotopic (exact) mass is 268 g/mol. The summed E-state index contributed by atoms with van der Waals surface area (Å²) in [5.41, 5.74) is 8.28. The third-order valence-corrected chi connectivity index (χ3v) is 3.98. The maximum atomic E-state index is 10.2. The lowest BCUT2D eigenvalue weighted by molar-refractivity contribution is 0.0724. The van der Waals surface area contributed by atoms with Gasteiger partial charge in [-0.25, -0.2) is 0 Å². The first-order chi connectivity index (χ1) is 9.02. The Balaban J connectivity index is 1.93. The molecule has 0 saturated carbocycles. The van der Waals surface area contributed by atoms with Crippen LogP contribution in [0.25, 0.3) is 0 Å². The van der Waals surface area contributed by atoms with Crippen molar-refractivity contribution in [2.24, 2.45) is 0 Å². The van der Waals surface area contributed by atoms with Crippen molar-refractivity contribution in [3.8, 4) is 0 Å². The lowest BCUT2D eigenvalue weighted by atomic mass is 10.2. The molecule has 19 heavy (non-hydrogen) atoms. The van der Waals surface area contributed by atoms with E-state index in [-0.39, 0.29) is 12.6 Å². The second-order valence-corrected chi connectivity index (χ2v) is 5.39. The van der Waals surface area contributed by atoms with Crippen LogP contribution in [0.1, 0.15) is 24.2 Å². The first kappa shape index (κ1) is 14.3. The third kappa shape index (κ3) is 3.08. The average molecular weight is 268 g/mol. The molecule has 2 unspecified atom stereocenters. The van der Waals surface area contributed by atoms with Crippen molar-refractivity contribution < 1.29 is 10.2 Å².